The second kappa shape index (κ2) is 11.4. The maximum Gasteiger partial charge on any atom is 0.0855 e. The number of unbranched alkanes of at least 4 members (excludes halogenated alkanes) is 6. The summed E-state index contributed by atoms with van der Waals surface area (Å²) in [5.41, 5.74) is 0. The SMILES string of the molecule is CCCCCCC(CCCCCC)N1CC[C@H]2NCCO[C@@H]2C1. The molecule has 0 aromatic heterocycles. The van der Waals surface area contributed by atoms with Crippen molar-refractivity contribution in [2.75, 3.05) is 26.2 Å². The monoisotopic (exact) mass is 324 g/mol. The molecule has 0 bridgehead atoms. The first-order chi connectivity index (χ1) is 11.3. The summed E-state index contributed by atoms with van der Waals surface area (Å²) < 4.78 is 6.04. The lowest BCUT2D eigenvalue weighted by Gasteiger charge is -2.44. The van der Waals surface area contributed by atoms with Crippen molar-refractivity contribution in [3.8, 4) is 0 Å². The van der Waals surface area contributed by atoms with Gasteiger partial charge in [-0.1, -0.05) is 65.2 Å². The fourth-order valence-corrected chi connectivity index (χ4v) is 4.25. The van der Waals surface area contributed by atoms with Crippen molar-refractivity contribution < 1.29 is 4.74 Å². The van der Waals surface area contributed by atoms with Gasteiger partial charge in [-0.25, -0.2) is 0 Å². The number of fused-ring (bicyclic) bond motifs is 1. The highest BCUT2D eigenvalue weighted by Gasteiger charge is 2.34. The van der Waals surface area contributed by atoms with Gasteiger partial charge < -0.3 is 10.1 Å². The third-order valence-corrected chi connectivity index (χ3v) is 5.73. The van der Waals surface area contributed by atoms with Crippen LogP contribution in [0, 0.1) is 0 Å². The number of rotatable bonds is 11. The van der Waals surface area contributed by atoms with Gasteiger partial charge in [0.1, 0.15) is 0 Å². The number of piperidine rings is 1. The van der Waals surface area contributed by atoms with Gasteiger partial charge in [-0.3, -0.25) is 4.90 Å². The zero-order valence-corrected chi connectivity index (χ0v) is 15.7. The van der Waals surface area contributed by atoms with Gasteiger partial charge in [0, 0.05) is 31.7 Å². The minimum Gasteiger partial charge on any atom is -0.374 e. The average molecular weight is 325 g/mol. The van der Waals surface area contributed by atoms with E-state index in [4.69, 9.17) is 4.74 Å². The van der Waals surface area contributed by atoms with Gasteiger partial charge in [0.25, 0.3) is 0 Å². The summed E-state index contributed by atoms with van der Waals surface area (Å²) in [5, 5.41) is 3.65. The van der Waals surface area contributed by atoms with Crippen LogP contribution in [-0.2, 0) is 4.74 Å². The van der Waals surface area contributed by atoms with Crippen molar-refractivity contribution in [1.29, 1.82) is 0 Å². The Morgan fingerprint density at radius 3 is 2.35 bits per heavy atom. The Morgan fingerprint density at radius 1 is 1.00 bits per heavy atom. The van der Waals surface area contributed by atoms with Gasteiger partial charge in [-0.2, -0.15) is 0 Å². The third-order valence-electron chi connectivity index (χ3n) is 5.73. The standard InChI is InChI=1S/C20H40N2O/c1-3-5-7-9-11-18(12-10-8-6-4-2)22-15-13-19-20(17-22)23-16-14-21-19/h18-21H,3-17H2,1-2H3/t19-,20-/m1/s1. The molecule has 0 aromatic carbocycles. The molecule has 23 heavy (non-hydrogen) atoms. The van der Waals surface area contributed by atoms with Crippen LogP contribution in [0.1, 0.15) is 84.5 Å². The minimum atomic E-state index is 0.436. The number of ether oxygens (including phenoxy) is 1. The summed E-state index contributed by atoms with van der Waals surface area (Å²) in [6.07, 6.45) is 15.7. The van der Waals surface area contributed by atoms with Gasteiger partial charge in [0.2, 0.25) is 0 Å². The predicted octanol–water partition coefficient (Wildman–Crippen LogP) is 4.36. The minimum absolute atomic E-state index is 0.436. The van der Waals surface area contributed by atoms with E-state index in [1.807, 2.05) is 0 Å². The van der Waals surface area contributed by atoms with E-state index in [0.717, 1.165) is 25.7 Å². The van der Waals surface area contributed by atoms with Crippen LogP contribution in [0.15, 0.2) is 0 Å². The molecular formula is C20H40N2O. The zero-order chi connectivity index (χ0) is 16.3. The summed E-state index contributed by atoms with van der Waals surface area (Å²) in [6, 6.07) is 1.41. The number of morpholine rings is 1. The second-order valence-corrected chi connectivity index (χ2v) is 7.61. The number of hydrogen-bond acceptors (Lipinski definition) is 3. The molecule has 0 aliphatic carbocycles. The van der Waals surface area contributed by atoms with Gasteiger partial charge in [0.05, 0.1) is 12.7 Å². The number of nitrogens with zero attached hydrogens (tertiary/aromatic N) is 1. The molecule has 0 amide bonds. The Morgan fingerprint density at radius 2 is 1.70 bits per heavy atom. The Hall–Kier alpha value is -0.120. The van der Waals surface area contributed by atoms with Crippen LogP contribution in [0.2, 0.25) is 0 Å². The van der Waals surface area contributed by atoms with Crippen molar-refractivity contribution in [1.82, 2.24) is 10.2 Å². The zero-order valence-electron chi connectivity index (χ0n) is 15.7. The molecule has 2 fully saturated rings. The summed E-state index contributed by atoms with van der Waals surface area (Å²) in [7, 11) is 0. The lowest BCUT2D eigenvalue weighted by atomic mass is 9.94. The van der Waals surface area contributed by atoms with E-state index < -0.39 is 0 Å². The van der Waals surface area contributed by atoms with E-state index in [2.05, 4.69) is 24.1 Å². The number of nitrogens with one attached hydrogen (secondary N) is 1. The van der Waals surface area contributed by atoms with Crippen LogP contribution >= 0.6 is 0 Å². The first-order valence-corrected chi connectivity index (χ1v) is 10.4. The molecule has 2 aliphatic heterocycles. The van der Waals surface area contributed by atoms with Gasteiger partial charge in [-0.05, 0) is 19.3 Å². The van der Waals surface area contributed by atoms with Crippen LogP contribution in [-0.4, -0.2) is 49.3 Å². The lowest BCUT2D eigenvalue weighted by Crippen LogP contribution is -2.59. The van der Waals surface area contributed by atoms with E-state index in [1.165, 1.54) is 77.2 Å². The van der Waals surface area contributed by atoms with Crippen LogP contribution < -0.4 is 5.32 Å². The molecule has 0 radical (unpaired) electrons. The fraction of sp³-hybridized carbons (Fsp3) is 1.00. The molecule has 2 aliphatic rings. The van der Waals surface area contributed by atoms with Crippen LogP contribution in [0.4, 0.5) is 0 Å². The van der Waals surface area contributed by atoms with Gasteiger partial charge in [-0.15, -0.1) is 0 Å². The van der Waals surface area contributed by atoms with Crippen molar-refractivity contribution in [3.05, 3.63) is 0 Å². The molecule has 2 heterocycles. The van der Waals surface area contributed by atoms with E-state index in [0.29, 0.717) is 12.1 Å². The molecule has 0 unspecified atom stereocenters. The predicted molar refractivity (Wildman–Crippen MR) is 99.0 cm³/mol. The smallest absolute Gasteiger partial charge is 0.0855 e. The topological polar surface area (TPSA) is 24.5 Å². The molecule has 2 atom stereocenters. The second-order valence-electron chi connectivity index (χ2n) is 7.61. The normalized spacial score (nSPS) is 25.7. The number of likely N-dealkylation sites (tertiary alicyclic amines) is 1. The molecule has 3 heteroatoms. The molecule has 0 saturated carbocycles. The van der Waals surface area contributed by atoms with E-state index in [-0.39, 0.29) is 0 Å². The molecule has 2 rings (SSSR count). The molecule has 0 aromatic rings. The Kier molecular flexibility index (Phi) is 9.55. The lowest BCUT2D eigenvalue weighted by molar-refractivity contribution is -0.0581. The third kappa shape index (κ3) is 6.72. The Balaban J connectivity index is 1.79. The average Bonchev–Trinajstić information content (AvgIpc) is 2.60. The molecular weight excluding hydrogens is 284 g/mol. The molecule has 136 valence electrons. The first-order valence-electron chi connectivity index (χ1n) is 10.4. The van der Waals surface area contributed by atoms with E-state index >= 15 is 0 Å². The summed E-state index contributed by atoms with van der Waals surface area (Å²) in [5.74, 6) is 0. The van der Waals surface area contributed by atoms with Crippen molar-refractivity contribution in [2.45, 2.75) is 103 Å². The summed E-state index contributed by atoms with van der Waals surface area (Å²) >= 11 is 0. The highest BCUT2D eigenvalue weighted by Crippen LogP contribution is 2.24. The maximum atomic E-state index is 6.04. The largest absolute Gasteiger partial charge is 0.374 e. The Bertz CT molecular complexity index is 285. The van der Waals surface area contributed by atoms with Gasteiger partial charge >= 0.3 is 0 Å². The molecule has 0 spiro atoms. The van der Waals surface area contributed by atoms with Crippen molar-refractivity contribution in [2.24, 2.45) is 0 Å². The summed E-state index contributed by atoms with van der Waals surface area (Å²) in [4.78, 5) is 2.77. The van der Waals surface area contributed by atoms with E-state index in [9.17, 15) is 0 Å². The van der Waals surface area contributed by atoms with Crippen LogP contribution in [0.5, 0.6) is 0 Å². The van der Waals surface area contributed by atoms with Crippen LogP contribution in [0.25, 0.3) is 0 Å². The molecule has 3 nitrogen and oxygen atoms in total. The van der Waals surface area contributed by atoms with Crippen molar-refractivity contribution in [3.63, 3.8) is 0 Å². The highest BCUT2D eigenvalue weighted by atomic mass is 16.5. The van der Waals surface area contributed by atoms with Gasteiger partial charge in [0.15, 0.2) is 0 Å². The van der Waals surface area contributed by atoms with Crippen LogP contribution in [0.3, 0.4) is 0 Å². The highest BCUT2D eigenvalue weighted by molar-refractivity contribution is 4.90. The number of hydrogen-bond donors (Lipinski definition) is 1. The summed E-state index contributed by atoms with van der Waals surface area (Å²) in [6.45, 7) is 8.97. The Labute approximate surface area is 144 Å². The molecule has 2 saturated heterocycles. The quantitative estimate of drug-likeness (QED) is 0.572. The first kappa shape index (κ1) is 19.2. The fourth-order valence-electron chi connectivity index (χ4n) is 4.25. The van der Waals surface area contributed by atoms with E-state index in [1.54, 1.807) is 0 Å². The maximum absolute atomic E-state index is 6.04. The molecule has 1 N–H and O–H groups in total. The van der Waals surface area contributed by atoms with Crippen molar-refractivity contribution >= 4 is 0 Å².